The summed E-state index contributed by atoms with van der Waals surface area (Å²) in [5.41, 5.74) is -1.01. The van der Waals surface area contributed by atoms with E-state index in [0.29, 0.717) is 6.42 Å². The highest BCUT2D eigenvalue weighted by Gasteiger charge is 2.54. The third-order valence-corrected chi connectivity index (χ3v) is 2.33. The first kappa shape index (κ1) is 5.66. The molecular formula is C7H11FO. The Morgan fingerprint density at radius 3 is 3.00 bits per heavy atom. The molecule has 0 N–H and O–H groups in total. The zero-order chi connectivity index (χ0) is 6.48. The summed E-state index contributed by atoms with van der Waals surface area (Å²) >= 11 is 0. The normalized spacial score (nSPS) is 56.7. The van der Waals surface area contributed by atoms with Gasteiger partial charge in [0, 0.05) is 0 Å². The van der Waals surface area contributed by atoms with Crippen LogP contribution in [0.4, 0.5) is 4.39 Å². The highest BCUT2D eigenvalue weighted by atomic mass is 19.1. The lowest BCUT2D eigenvalue weighted by molar-refractivity contribution is 0.122. The number of hydrogen-bond acceptors (Lipinski definition) is 1. The van der Waals surface area contributed by atoms with Gasteiger partial charge in [-0.2, -0.15) is 0 Å². The molecule has 0 radical (unpaired) electrons. The van der Waals surface area contributed by atoms with Crippen LogP contribution in [0.5, 0.6) is 0 Å². The Morgan fingerprint density at radius 1 is 1.67 bits per heavy atom. The second-order valence-corrected chi connectivity index (χ2v) is 3.27. The molecule has 0 spiro atoms. The molecule has 2 rings (SSSR count). The van der Waals surface area contributed by atoms with Crippen LogP contribution in [0.3, 0.4) is 0 Å². The van der Waals surface area contributed by atoms with Crippen LogP contribution in [-0.4, -0.2) is 17.9 Å². The third-order valence-electron chi connectivity index (χ3n) is 2.33. The van der Waals surface area contributed by atoms with Crippen molar-refractivity contribution >= 4 is 0 Å². The fourth-order valence-corrected chi connectivity index (χ4v) is 1.68. The van der Waals surface area contributed by atoms with Gasteiger partial charge in [0.2, 0.25) is 0 Å². The van der Waals surface area contributed by atoms with Gasteiger partial charge in [-0.3, -0.25) is 0 Å². The zero-order valence-electron chi connectivity index (χ0n) is 5.56. The maximum absolute atomic E-state index is 13.2. The predicted molar refractivity (Wildman–Crippen MR) is 32.0 cm³/mol. The topological polar surface area (TPSA) is 12.5 Å². The van der Waals surface area contributed by atoms with Crippen LogP contribution in [-0.2, 0) is 4.74 Å². The van der Waals surface area contributed by atoms with Gasteiger partial charge in [0.05, 0.1) is 6.10 Å². The molecule has 2 fully saturated rings. The monoisotopic (exact) mass is 130 g/mol. The minimum atomic E-state index is -1.01. The lowest BCUT2D eigenvalue weighted by Gasteiger charge is -2.20. The molecule has 0 amide bonds. The number of ether oxygens (including phenoxy) is 1. The maximum Gasteiger partial charge on any atom is 0.136 e. The Kier molecular flexibility index (Phi) is 0.933. The molecule has 0 bridgehead atoms. The largest absolute Gasteiger partial charge is 0.366 e. The van der Waals surface area contributed by atoms with E-state index in [4.69, 9.17) is 4.74 Å². The standard InChI is InChI=1S/C7H11FO/c1-7(8)4-2-3-5-6(7)9-5/h5-6H,2-4H2,1H3/t5-,6-,7+/m0/s1. The van der Waals surface area contributed by atoms with E-state index in [1.807, 2.05) is 0 Å². The number of fused-ring (bicyclic) bond motifs is 1. The van der Waals surface area contributed by atoms with E-state index < -0.39 is 5.67 Å². The fourth-order valence-electron chi connectivity index (χ4n) is 1.68. The number of alkyl halides is 1. The molecule has 52 valence electrons. The number of rotatable bonds is 0. The van der Waals surface area contributed by atoms with Gasteiger partial charge in [0.1, 0.15) is 11.8 Å². The van der Waals surface area contributed by atoms with Gasteiger partial charge >= 0.3 is 0 Å². The van der Waals surface area contributed by atoms with E-state index in [-0.39, 0.29) is 12.2 Å². The number of halogens is 1. The Balaban J connectivity index is 2.09. The molecular weight excluding hydrogens is 119 g/mol. The minimum Gasteiger partial charge on any atom is -0.366 e. The van der Waals surface area contributed by atoms with Crippen LogP contribution in [0.1, 0.15) is 26.2 Å². The summed E-state index contributed by atoms with van der Waals surface area (Å²) in [6, 6.07) is 0. The lowest BCUT2D eigenvalue weighted by atomic mass is 9.88. The maximum atomic E-state index is 13.2. The Bertz CT molecular complexity index is 133. The summed E-state index contributed by atoms with van der Waals surface area (Å²) in [5.74, 6) is 0. The molecule has 9 heavy (non-hydrogen) atoms. The molecule has 0 aromatic rings. The average Bonchev–Trinajstić information content (AvgIpc) is 2.43. The van der Waals surface area contributed by atoms with Gasteiger partial charge in [-0.1, -0.05) is 0 Å². The number of hydrogen-bond donors (Lipinski definition) is 0. The van der Waals surface area contributed by atoms with Crippen molar-refractivity contribution in [1.29, 1.82) is 0 Å². The number of epoxide rings is 1. The SMILES string of the molecule is C[C@@]1(F)CCC[C@@H]2O[C@@H]21. The molecule has 1 aliphatic carbocycles. The summed E-state index contributed by atoms with van der Waals surface area (Å²) in [7, 11) is 0. The van der Waals surface area contributed by atoms with Crippen molar-refractivity contribution < 1.29 is 9.13 Å². The quantitative estimate of drug-likeness (QED) is 0.454. The third kappa shape index (κ3) is 0.767. The van der Waals surface area contributed by atoms with Crippen molar-refractivity contribution in [1.82, 2.24) is 0 Å². The lowest BCUT2D eigenvalue weighted by Crippen LogP contribution is -2.30. The molecule has 0 aromatic carbocycles. The van der Waals surface area contributed by atoms with Gasteiger partial charge in [-0.05, 0) is 26.2 Å². The van der Waals surface area contributed by atoms with Crippen LogP contribution in [0.15, 0.2) is 0 Å². The molecule has 1 aliphatic heterocycles. The second kappa shape index (κ2) is 1.48. The molecule has 1 saturated carbocycles. The van der Waals surface area contributed by atoms with Crippen molar-refractivity contribution in [3.63, 3.8) is 0 Å². The average molecular weight is 130 g/mol. The first-order valence-corrected chi connectivity index (χ1v) is 3.54. The summed E-state index contributed by atoms with van der Waals surface area (Å²) in [6.45, 7) is 1.65. The first-order valence-electron chi connectivity index (χ1n) is 3.54. The van der Waals surface area contributed by atoms with E-state index in [9.17, 15) is 4.39 Å². The van der Waals surface area contributed by atoms with Crippen LogP contribution in [0.2, 0.25) is 0 Å². The predicted octanol–water partition coefficient (Wildman–Crippen LogP) is 1.67. The Labute approximate surface area is 54.2 Å². The highest BCUT2D eigenvalue weighted by molar-refractivity contribution is 5.02. The minimum absolute atomic E-state index is 0.0498. The molecule has 1 nitrogen and oxygen atoms in total. The van der Waals surface area contributed by atoms with E-state index in [1.54, 1.807) is 6.92 Å². The molecule has 3 atom stereocenters. The fraction of sp³-hybridized carbons (Fsp3) is 1.00. The smallest absolute Gasteiger partial charge is 0.136 e. The van der Waals surface area contributed by atoms with E-state index in [2.05, 4.69) is 0 Å². The van der Waals surface area contributed by atoms with Crippen LogP contribution in [0, 0.1) is 0 Å². The summed E-state index contributed by atoms with van der Waals surface area (Å²) in [4.78, 5) is 0. The molecule has 2 heteroatoms. The zero-order valence-corrected chi connectivity index (χ0v) is 5.56. The Hall–Kier alpha value is -0.110. The van der Waals surface area contributed by atoms with Gasteiger partial charge < -0.3 is 4.74 Å². The van der Waals surface area contributed by atoms with Gasteiger partial charge in [-0.15, -0.1) is 0 Å². The molecule has 1 heterocycles. The van der Waals surface area contributed by atoms with Crippen LogP contribution in [0.25, 0.3) is 0 Å². The van der Waals surface area contributed by atoms with Crippen molar-refractivity contribution in [3.8, 4) is 0 Å². The molecule has 2 aliphatic rings. The molecule has 0 unspecified atom stereocenters. The van der Waals surface area contributed by atoms with Gasteiger partial charge in [0.15, 0.2) is 0 Å². The highest BCUT2D eigenvalue weighted by Crippen LogP contribution is 2.45. The van der Waals surface area contributed by atoms with Crippen molar-refractivity contribution in [2.45, 2.75) is 44.1 Å². The van der Waals surface area contributed by atoms with E-state index in [0.717, 1.165) is 12.8 Å². The summed E-state index contributed by atoms with van der Waals surface area (Å²) < 4.78 is 18.3. The molecule has 0 aromatic heterocycles. The van der Waals surface area contributed by atoms with Crippen molar-refractivity contribution in [3.05, 3.63) is 0 Å². The van der Waals surface area contributed by atoms with E-state index >= 15 is 0 Å². The van der Waals surface area contributed by atoms with Crippen LogP contribution >= 0.6 is 0 Å². The van der Waals surface area contributed by atoms with Crippen molar-refractivity contribution in [2.24, 2.45) is 0 Å². The summed E-state index contributed by atoms with van der Waals surface area (Å²) in [6.07, 6.45) is 2.98. The first-order chi connectivity index (χ1) is 4.20. The van der Waals surface area contributed by atoms with E-state index in [1.165, 1.54) is 0 Å². The van der Waals surface area contributed by atoms with Gasteiger partial charge in [0.25, 0.3) is 0 Å². The second-order valence-electron chi connectivity index (χ2n) is 3.27. The van der Waals surface area contributed by atoms with Gasteiger partial charge in [-0.25, -0.2) is 4.39 Å². The van der Waals surface area contributed by atoms with Crippen LogP contribution < -0.4 is 0 Å². The molecule has 1 saturated heterocycles. The summed E-state index contributed by atoms with van der Waals surface area (Å²) in [5, 5.41) is 0. The Morgan fingerprint density at radius 2 is 2.44 bits per heavy atom. The van der Waals surface area contributed by atoms with Crippen molar-refractivity contribution in [2.75, 3.05) is 0 Å².